The van der Waals surface area contributed by atoms with E-state index in [0.29, 0.717) is 0 Å². The molecule has 106 valence electrons. The van der Waals surface area contributed by atoms with E-state index in [0.717, 1.165) is 0 Å². The van der Waals surface area contributed by atoms with Gasteiger partial charge in [-0.05, 0) is 0 Å². The van der Waals surface area contributed by atoms with Gasteiger partial charge in [0.15, 0.2) is 0 Å². The second-order valence-corrected chi connectivity index (χ2v) is 2.07. The Bertz CT molecular complexity index is 352. The van der Waals surface area contributed by atoms with Crippen molar-refractivity contribution in [1.82, 2.24) is 0 Å². The fraction of sp³-hybridized carbons (Fsp3) is 0.250. The van der Waals surface area contributed by atoms with Crippen molar-refractivity contribution in [2.24, 2.45) is 0 Å². The summed E-state index contributed by atoms with van der Waals surface area (Å²) in [6.07, 6.45) is -0.806. The lowest BCUT2D eigenvalue weighted by Gasteiger charge is -1.72. The van der Waals surface area contributed by atoms with E-state index in [1.54, 1.807) is 0 Å². The Morgan fingerprint density at radius 1 is 0.737 bits per heavy atom. The Morgan fingerprint density at radius 2 is 0.947 bits per heavy atom. The highest BCUT2D eigenvalue weighted by Crippen LogP contribution is 1.68. The summed E-state index contributed by atoms with van der Waals surface area (Å²) < 4.78 is 0. The first-order chi connectivity index (χ1) is 8.18. The molecule has 0 aromatic rings. The van der Waals surface area contributed by atoms with Crippen molar-refractivity contribution < 1.29 is 45.1 Å². The van der Waals surface area contributed by atoms with Gasteiger partial charge in [0.05, 0.1) is 12.1 Å². The molecule has 11 nitrogen and oxygen atoms in total. The van der Waals surface area contributed by atoms with Gasteiger partial charge in [0.25, 0.3) is 0 Å². The smallest absolute Gasteiger partial charge is 0.414 e. The van der Waals surface area contributed by atoms with Crippen LogP contribution in [0.3, 0.4) is 0 Å². The zero-order valence-electron chi connectivity index (χ0n) is 9.23. The van der Waals surface area contributed by atoms with Gasteiger partial charge in [0.2, 0.25) is 0 Å². The highest BCUT2D eigenvalue weighted by molar-refractivity contribution is 6.27. The van der Waals surface area contributed by atoms with Crippen molar-refractivity contribution in [1.29, 1.82) is 10.5 Å². The van der Waals surface area contributed by atoms with Crippen molar-refractivity contribution in [3.8, 4) is 12.1 Å². The van der Waals surface area contributed by atoms with Crippen LogP contribution in [-0.4, -0.2) is 49.8 Å². The molecule has 0 rings (SSSR count). The minimum atomic E-state index is -1.82. The number of carbonyl (C=O) groups is 4. The quantitative estimate of drug-likeness (QED) is 0.418. The molecule has 0 atom stereocenters. The molecule has 6 N–H and O–H groups in total. The van der Waals surface area contributed by atoms with E-state index in [4.69, 9.17) is 40.5 Å². The van der Waals surface area contributed by atoms with Gasteiger partial charge in [-0.1, -0.05) is 0 Å². The van der Waals surface area contributed by atoms with Crippen molar-refractivity contribution in [2.75, 3.05) is 0 Å². The minimum absolute atomic E-state index is 0. The highest BCUT2D eigenvalue weighted by Gasteiger charge is 2.04. The molecule has 0 spiro atoms. The van der Waals surface area contributed by atoms with Crippen LogP contribution in [0.15, 0.2) is 0 Å². The molecule has 0 aliphatic heterocycles. The Balaban J connectivity index is -0.0000000865. The lowest BCUT2D eigenvalue weighted by atomic mass is 10.5. The Morgan fingerprint density at radius 3 is 0.947 bits per heavy atom. The average Bonchev–Trinajstić information content (AvgIpc) is 2.18. The van der Waals surface area contributed by atoms with E-state index < -0.39 is 36.7 Å². The van der Waals surface area contributed by atoms with E-state index in [-0.39, 0.29) is 5.48 Å². The van der Waals surface area contributed by atoms with Crippen molar-refractivity contribution in [3.05, 3.63) is 0 Å². The van der Waals surface area contributed by atoms with E-state index in [9.17, 15) is 9.59 Å². The summed E-state index contributed by atoms with van der Waals surface area (Å²) in [7, 11) is 0. The molecule has 0 amide bonds. The number of aliphatic carboxylic acids is 4. The molecule has 0 saturated heterocycles. The first-order valence-electron chi connectivity index (χ1n) is 3.82. The van der Waals surface area contributed by atoms with Gasteiger partial charge in [0, 0.05) is 0 Å². The summed E-state index contributed by atoms with van der Waals surface area (Å²) in [5.41, 5.74) is 0. The third-order valence-electron chi connectivity index (χ3n) is 0.644. The SMILES string of the molecule is N#CCC(=O)O.N#CCC(=O)O.O.O=C(O)C(=O)O. The van der Waals surface area contributed by atoms with Crippen LogP contribution in [-0.2, 0) is 19.2 Å². The first kappa shape index (κ1) is 24.9. The average molecular weight is 278 g/mol. The third-order valence-corrected chi connectivity index (χ3v) is 0.644. The summed E-state index contributed by atoms with van der Waals surface area (Å²) in [6, 6.07) is 2.94. The van der Waals surface area contributed by atoms with Crippen LogP contribution in [0.2, 0.25) is 0 Å². The molecular weight excluding hydrogens is 268 g/mol. The van der Waals surface area contributed by atoms with E-state index in [2.05, 4.69) is 0 Å². The molecule has 0 bridgehead atoms. The van der Waals surface area contributed by atoms with Crippen LogP contribution in [0, 0.1) is 22.7 Å². The molecule has 0 aliphatic rings. The molecule has 0 fully saturated rings. The van der Waals surface area contributed by atoms with Gasteiger partial charge in [-0.15, -0.1) is 0 Å². The maximum Gasteiger partial charge on any atom is 0.414 e. The molecule has 11 heteroatoms. The fourth-order valence-electron chi connectivity index (χ4n) is 0.135. The van der Waals surface area contributed by atoms with Gasteiger partial charge in [-0.2, -0.15) is 10.5 Å². The molecule has 0 aromatic heterocycles. The largest absolute Gasteiger partial charge is 0.480 e. The standard InChI is InChI=1S/2C3H3NO2.C2H2O4.H2O/c2*4-2-1-3(5)6;3-1(4)2(5)6;/h2*1H2,(H,5,6);(H,3,4)(H,5,6);1H2. The molecule has 0 aromatic carbocycles. The molecule has 0 unspecified atom stereocenters. The lowest BCUT2D eigenvalue weighted by Crippen LogP contribution is -2.09. The molecule has 0 aliphatic carbocycles. The molecule has 0 saturated carbocycles. The Kier molecular flexibility index (Phi) is 22.5. The molecular formula is C8H10N2O9. The van der Waals surface area contributed by atoms with E-state index in [1.807, 2.05) is 0 Å². The Hall–Kier alpha value is -3.18. The summed E-state index contributed by atoms with van der Waals surface area (Å²) >= 11 is 0. The van der Waals surface area contributed by atoms with Crippen LogP contribution in [0.5, 0.6) is 0 Å². The van der Waals surface area contributed by atoms with Crippen LogP contribution in [0.25, 0.3) is 0 Å². The maximum atomic E-state index is 9.38. The van der Waals surface area contributed by atoms with Crippen molar-refractivity contribution >= 4 is 23.9 Å². The number of rotatable bonds is 2. The van der Waals surface area contributed by atoms with Gasteiger partial charge in [-0.3, -0.25) is 9.59 Å². The number of nitriles is 2. The van der Waals surface area contributed by atoms with Gasteiger partial charge < -0.3 is 25.9 Å². The zero-order chi connectivity index (χ0) is 15.1. The lowest BCUT2D eigenvalue weighted by molar-refractivity contribution is -0.159. The highest BCUT2D eigenvalue weighted by atomic mass is 16.4. The minimum Gasteiger partial charge on any atom is -0.480 e. The first-order valence-corrected chi connectivity index (χ1v) is 3.82. The van der Waals surface area contributed by atoms with Crippen LogP contribution in [0.4, 0.5) is 0 Å². The number of carboxylic acid groups (broad SMARTS) is 4. The van der Waals surface area contributed by atoms with E-state index in [1.165, 1.54) is 12.1 Å². The summed E-state index contributed by atoms with van der Waals surface area (Å²) in [5, 5.41) is 45.4. The number of hydrogen-bond donors (Lipinski definition) is 4. The fourth-order valence-corrected chi connectivity index (χ4v) is 0.135. The topological polar surface area (TPSA) is 228 Å². The van der Waals surface area contributed by atoms with Crippen LogP contribution >= 0.6 is 0 Å². The number of carboxylic acids is 4. The Labute approximate surface area is 105 Å². The van der Waals surface area contributed by atoms with Gasteiger partial charge in [0.1, 0.15) is 12.8 Å². The normalized spacial score (nSPS) is 6.42. The summed E-state index contributed by atoms with van der Waals surface area (Å²) in [5.74, 6) is -5.79. The third kappa shape index (κ3) is 52.4. The van der Waals surface area contributed by atoms with Crippen LogP contribution < -0.4 is 0 Å². The second kappa shape index (κ2) is 17.2. The number of hydrogen-bond acceptors (Lipinski definition) is 6. The predicted octanol–water partition coefficient (Wildman–Crippen LogP) is -1.70. The van der Waals surface area contributed by atoms with Crippen LogP contribution in [0.1, 0.15) is 12.8 Å². The zero-order valence-corrected chi connectivity index (χ0v) is 9.23. The predicted molar refractivity (Wildman–Crippen MR) is 54.6 cm³/mol. The van der Waals surface area contributed by atoms with E-state index >= 15 is 0 Å². The molecule has 0 heterocycles. The molecule has 19 heavy (non-hydrogen) atoms. The van der Waals surface area contributed by atoms with Crippen molar-refractivity contribution in [3.63, 3.8) is 0 Å². The summed E-state index contributed by atoms with van der Waals surface area (Å²) in [6.45, 7) is 0. The van der Waals surface area contributed by atoms with Gasteiger partial charge >= 0.3 is 23.9 Å². The maximum absolute atomic E-state index is 9.38. The number of nitrogens with zero attached hydrogens (tertiary/aromatic N) is 2. The second-order valence-electron chi connectivity index (χ2n) is 2.07. The molecule has 0 radical (unpaired) electrons. The van der Waals surface area contributed by atoms with Gasteiger partial charge in [-0.25, -0.2) is 9.59 Å². The monoisotopic (exact) mass is 278 g/mol. The van der Waals surface area contributed by atoms with Crippen molar-refractivity contribution in [2.45, 2.75) is 12.8 Å². The summed E-state index contributed by atoms with van der Waals surface area (Å²) in [4.78, 5) is 37.0.